The Kier molecular flexibility index (Phi) is 6.89. The first kappa shape index (κ1) is 18.1. The van der Waals surface area contributed by atoms with Crippen LogP contribution in [0.15, 0.2) is 35.4 Å². The van der Waals surface area contributed by atoms with Gasteiger partial charge in [0, 0.05) is 26.2 Å². The number of aliphatic hydroxyl groups excluding tert-OH is 1. The van der Waals surface area contributed by atoms with Gasteiger partial charge in [0.05, 0.1) is 12.3 Å². The van der Waals surface area contributed by atoms with Gasteiger partial charge in [-0.15, -0.1) is 0 Å². The fourth-order valence-electron chi connectivity index (χ4n) is 2.39. The van der Waals surface area contributed by atoms with Crippen LogP contribution in [-0.4, -0.2) is 54.9 Å². The molecule has 2 rings (SSSR count). The standard InChI is InChI=1S/C17H23N3O4/c1-13(22)16-12-15(17(23)18-8-11-24-10-5-9-21)19-20(16)14-6-3-2-4-7-14/h2-4,6-7,16,21H,5,8-12H2,1H3,(H,18,23). The summed E-state index contributed by atoms with van der Waals surface area (Å²) in [5.41, 5.74) is 1.13. The summed E-state index contributed by atoms with van der Waals surface area (Å²) in [6.45, 7) is 2.79. The van der Waals surface area contributed by atoms with Crippen LogP contribution < -0.4 is 10.3 Å². The minimum atomic E-state index is -0.450. The molecule has 1 aliphatic rings. The van der Waals surface area contributed by atoms with Crippen molar-refractivity contribution in [2.45, 2.75) is 25.8 Å². The van der Waals surface area contributed by atoms with E-state index >= 15 is 0 Å². The van der Waals surface area contributed by atoms with E-state index in [1.807, 2.05) is 30.3 Å². The van der Waals surface area contributed by atoms with E-state index < -0.39 is 6.04 Å². The Bertz CT molecular complexity index is 589. The summed E-state index contributed by atoms with van der Waals surface area (Å²) >= 11 is 0. The Labute approximate surface area is 141 Å². The molecule has 1 atom stereocenters. The van der Waals surface area contributed by atoms with E-state index in [9.17, 15) is 9.59 Å². The van der Waals surface area contributed by atoms with Gasteiger partial charge in [-0.1, -0.05) is 18.2 Å². The molecule has 0 fully saturated rings. The highest BCUT2D eigenvalue weighted by molar-refractivity contribution is 6.40. The molecule has 1 aliphatic heterocycles. The fourth-order valence-corrected chi connectivity index (χ4v) is 2.39. The summed E-state index contributed by atoms with van der Waals surface area (Å²) < 4.78 is 5.26. The number of hydrazone groups is 1. The molecule has 0 aliphatic carbocycles. The zero-order valence-electron chi connectivity index (χ0n) is 13.8. The van der Waals surface area contributed by atoms with E-state index in [0.717, 1.165) is 5.69 Å². The van der Waals surface area contributed by atoms with Crippen molar-refractivity contribution < 1.29 is 19.4 Å². The highest BCUT2D eigenvalue weighted by Crippen LogP contribution is 2.24. The number of ketones is 1. The maximum absolute atomic E-state index is 12.2. The summed E-state index contributed by atoms with van der Waals surface area (Å²) in [4.78, 5) is 24.1. The SMILES string of the molecule is CC(=O)C1CC(C(=O)NCCOCCCO)=NN1c1ccccc1. The maximum atomic E-state index is 12.2. The zero-order chi connectivity index (χ0) is 17.4. The van der Waals surface area contributed by atoms with E-state index in [4.69, 9.17) is 9.84 Å². The van der Waals surface area contributed by atoms with Crippen LogP contribution in [0.4, 0.5) is 5.69 Å². The average Bonchev–Trinajstić information content (AvgIpc) is 3.04. The van der Waals surface area contributed by atoms with Crippen molar-refractivity contribution in [1.82, 2.24) is 5.32 Å². The molecule has 7 nitrogen and oxygen atoms in total. The monoisotopic (exact) mass is 333 g/mol. The fraction of sp³-hybridized carbons (Fsp3) is 0.471. The van der Waals surface area contributed by atoms with Gasteiger partial charge in [-0.25, -0.2) is 0 Å². The van der Waals surface area contributed by atoms with Gasteiger partial charge in [0.1, 0.15) is 11.8 Å². The van der Waals surface area contributed by atoms with Crippen LogP contribution in [0.2, 0.25) is 0 Å². The van der Waals surface area contributed by atoms with E-state index in [1.165, 1.54) is 6.92 Å². The Hall–Kier alpha value is -2.25. The number of carbonyl (C=O) groups excluding carboxylic acids is 2. The molecule has 0 radical (unpaired) electrons. The van der Waals surface area contributed by atoms with Crippen LogP contribution in [-0.2, 0) is 14.3 Å². The number of benzene rings is 1. The molecular weight excluding hydrogens is 310 g/mol. The van der Waals surface area contributed by atoms with Crippen molar-refractivity contribution in [1.29, 1.82) is 0 Å². The summed E-state index contributed by atoms with van der Waals surface area (Å²) in [7, 11) is 0. The van der Waals surface area contributed by atoms with Crippen LogP contribution in [0, 0.1) is 0 Å². The number of hydrogen-bond acceptors (Lipinski definition) is 6. The second kappa shape index (κ2) is 9.14. The predicted molar refractivity (Wildman–Crippen MR) is 91.0 cm³/mol. The van der Waals surface area contributed by atoms with Gasteiger partial charge >= 0.3 is 0 Å². The number of ether oxygens (including phenoxy) is 1. The third kappa shape index (κ3) is 4.87. The highest BCUT2D eigenvalue weighted by atomic mass is 16.5. The first-order valence-electron chi connectivity index (χ1n) is 8.02. The Morgan fingerprint density at radius 1 is 1.33 bits per heavy atom. The van der Waals surface area contributed by atoms with Gasteiger partial charge < -0.3 is 15.2 Å². The number of anilines is 1. The lowest BCUT2D eigenvalue weighted by atomic mass is 10.1. The Balaban J connectivity index is 1.92. The van der Waals surface area contributed by atoms with Gasteiger partial charge in [-0.3, -0.25) is 14.6 Å². The average molecular weight is 333 g/mol. The second-order valence-electron chi connectivity index (χ2n) is 5.50. The molecule has 1 heterocycles. The minimum Gasteiger partial charge on any atom is -0.396 e. The summed E-state index contributed by atoms with van der Waals surface area (Å²) in [5, 5.41) is 17.3. The molecule has 0 saturated carbocycles. The molecule has 0 bridgehead atoms. The molecule has 7 heteroatoms. The molecule has 0 aromatic heterocycles. The minimum absolute atomic E-state index is 0.0299. The summed E-state index contributed by atoms with van der Waals surface area (Å²) in [6, 6.07) is 8.88. The molecular formula is C17H23N3O4. The van der Waals surface area contributed by atoms with E-state index in [0.29, 0.717) is 38.3 Å². The van der Waals surface area contributed by atoms with Crippen molar-refractivity contribution in [3.63, 3.8) is 0 Å². The summed E-state index contributed by atoms with van der Waals surface area (Å²) in [6.07, 6.45) is 0.869. The van der Waals surface area contributed by atoms with Crippen LogP contribution in [0.1, 0.15) is 19.8 Å². The van der Waals surface area contributed by atoms with Gasteiger partial charge in [-0.05, 0) is 25.5 Å². The molecule has 1 unspecified atom stereocenters. The first-order chi connectivity index (χ1) is 11.6. The van der Waals surface area contributed by atoms with Gasteiger partial charge in [-0.2, -0.15) is 5.10 Å². The molecule has 0 saturated heterocycles. The van der Waals surface area contributed by atoms with Crippen molar-refractivity contribution >= 4 is 23.1 Å². The topological polar surface area (TPSA) is 91.2 Å². The smallest absolute Gasteiger partial charge is 0.267 e. The number of amides is 1. The normalized spacial score (nSPS) is 16.8. The Morgan fingerprint density at radius 2 is 2.08 bits per heavy atom. The molecule has 130 valence electrons. The lowest BCUT2D eigenvalue weighted by molar-refractivity contribution is -0.118. The Morgan fingerprint density at radius 3 is 2.75 bits per heavy atom. The van der Waals surface area contributed by atoms with Crippen LogP contribution in [0.5, 0.6) is 0 Å². The van der Waals surface area contributed by atoms with Crippen molar-refractivity contribution in [2.24, 2.45) is 5.10 Å². The van der Waals surface area contributed by atoms with Gasteiger partial charge in [0.15, 0.2) is 5.78 Å². The number of hydrogen-bond donors (Lipinski definition) is 2. The van der Waals surface area contributed by atoms with Crippen LogP contribution in [0.3, 0.4) is 0 Å². The number of nitrogens with one attached hydrogen (secondary N) is 1. The molecule has 2 N–H and O–H groups in total. The number of nitrogens with zero attached hydrogens (tertiary/aromatic N) is 2. The zero-order valence-corrected chi connectivity index (χ0v) is 13.8. The number of aliphatic hydroxyl groups is 1. The molecule has 1 aromatic rings. The molecule has 24 heavy (non-hydrogen) atoms. The first-order valence-corrected chi connectivity index (χ1v) is 8.02. The van der Waals surface area contributed by atoms with Crippen molar-refractivity contribution in [2.75, 3.05) is 31.4 Å². The number of carbonyl (C=O) groups is 2. The quantitative estimate of drug-likeness (QED) is 0.650. The van der Waals surface area contributed by atoms with Crippen molar-refractivity contribution in [3.8, 4) is 0 Å². The molecule has 1 aromatic carbocycles. The number of rotatable bonds is 9. The molecule has 0 spiro atoms. The van der Waals surface area contributed by atoms with Crippen LogP contribution >= 0.6 is 0 Å². The third-order valence-electron chi connectivity index (χ3n) is 3.64. The third-order valence-corrected chi connectivity index (χ3v) is 3.64. The lowest BCUT2D eigenvalue weighted by Gasteiger charge is -2.20. The number of Topliss-reactive ketones (excluding diaryl/α,β-unsaturated/α-hetero) is 1. The van der Waals surface area contributed by atoms with E-state index in [1.54, 1.807) is 5.01 Å². The highest BCUT2D eigenvalue weighted by Gasteiger charge is 2.33. The largest absolute Gasteiger partial charge is 0.396 e. The van der Waals surface area contributed by atoms with Crippen molar-refractivity contribution in [3.05, 3.63) is 30.3 Å². The predicted octanol–water partition coefficient (Wildman–Crippen LogP) is 0.726. The van der Waals surface area contributed by atoms with E-state index in [-0.39, 0.29) is 18.3 Å². The van der Waals surface area contributed by atoms with Crippen LogP contribution in [0.25, 0.3) is 0 Å². The molecule has 1 amide bonds. The second-order valence-corrected chi connectivity index (χ2v) is 5.50. The van der Waals surface area contributed by atoms with E-state index in [2.05, 4.69) is 10.4 Å². The van der Waals surface area contributed by atoms with Gasteiger partial charge in [0.25, 0.3) is 5.91 Å². The maximum Gasteiger partial charge on any atom is 0.267 e. The number of para-hydroxylation sites is 1. The van der Waals surface area contributed by atoms with Gasteiger partial charge in [0.2, 0.25) is 0 Å². The summed E-state index contributed by atoms with van der Waals surface area (Å²) in [5.74, 6) is -0.317. The lowest BCUT2D eigenvalue weighted by Crippen LogP contribution is -2.35.